The van der Waals surface area contributed by atoms with Gasteiger partial charge < -0.3 is 9.47 Å². The summed E-state index contributed by atoms with van der Waals surface area (Å²) in [6.45, 7) is 3.88. The van der Waals surface area contributed by atoms with E-state index in [1.807, 2.05) is 16.5 Å². The van der Waals surface area contributed by atoms with Crippen LogP contribution in [0.3, 0.4) is 0 Å². The van der Waals surface area contributed by atoms with Crippen LogP contribution in [-0.2, 0) is 11.8 Å². The molecule has 0 saturated carbocycles. The van der Waals surface area contributed by atoms with Gasteiger partial charge in [0.1, 0.15) is 5.82 Å². The second-order valence-corrected chi connectivity index (χ2v) is 7.19. The lowest BCUT2D eigenvalue weighted by Crippen LogP contribution is -2.40. The summed E-state index contributed by atoms with van der Waals surface area (Å²) < 4.78 is 14.9. The van der Waals surface area contributed by atoms with E-state index in [2.05, 4.69) is 17.1 Å². The molecule has 0 radical (unpaired) electrons. The molecule has 1 aliphatic heterocycles. The molecule has 1 aromatic carbocycles. The van der Waals surface area contributed by atoms with Crippen molar-refractivity contribution in [3.8, 4) is 11.4 Å². The summed E-state index contributed by atoms with van der Waals surface area (Å²) in [7, 11) is 1.86. The monoisotopic (exact) mass is 348 g/mol. The maximum atomic E-state index is 13.0. The molecule has 1 unspecified atom stereocenters. The molecule has 1 aliphatic rings. The van der Waals surface area contributed by atoms with E-state index in [0.29, 0.717) is 22.7 Å². The zero-order chi connectivity index (χ0) is 17.1. The molecule has 0 N–H and O–H groups in total. The highest BCUT2D eigenvalue weighted by Gasteiger charge is 2.21. The number of hydrogen-bond donors (Lipinski definition) is 0. The first-order chi connectivity index (χ1) is 11.5. The van der Waals surface area contributed by atoms with Crippen molar-refractivity contribution in [2.75, 3.05) is 18.8 Å². The lowest BCUT2D eigenvalue weighted by Gasteiger charge is -2.30. The van der Waals surface area contributed by atoms with Crippen LogP contribution in [0, 0.1) is 11.7 Å². The van der Waals surface area contributed by atoms with Gasteiger partial charge in [-0.15, -0.1) is 10.2 Å². The predicted octanol–water partition coefficient (Wildman–Crippen LogP) is 2.97. The van der Waals surface area contributed by atoms with Gasteiger partial charge in [-0.25, -0.2) is 4.39 Å². The minimum Gasteiger partial charge on any atom is -0.342 e. The molecule has 0 spiro atoms. The quantitative estimate of drug-likeness (QED) is 0.797. The molecular formula is C17H21FN4OS. The number of likely N-dealkylation sites (tertiary alicyclic amines) is 1. The molecule has 5 nitrogen and oxygen atoms in total. The molecule has 2 heterocycles. The van der Waals surface area contributed by atoms with Crippen molar-refractivity contribution in [3.05, 3.63) is 30.1 Å². The second kappa shape index (κ2) is 7.34. The van der Waals surface area contributed by atoms with Gasteiger partial charge in [-0.3, -0.25) is 4.79 Å². The summed E-state index contributed by atoms with van der Waals surface area (Å²) in [5.41, 5.74) is 0.800. The van der Waals surface area contributed by atoms with Gasteiger partial charge in [0.05, 0.1) is 5.75 Å². The van der Waals surface area contributed by atoms with Crippen molar-refractivity contribution in [3.63, 3.8) is 0 Å². The Hall–Kier alpha value is -1.89. The van der Waals surface area contributed by atoms with Gasteiger partial charge in [-0.2, -0.15) is 0 Å². The molecule has 3 rings (SSSR count). The number of aromatic nitrogens is 3. The van der Waals surface area contributed by atoms with Crippen LogP contribution in [0.15, 0.2) is 29.4 Å². The summed E-state index contributed by atoms with van der Waals surface area (Å²) >= 11 is 1.39. The Morgan fingerprint density at radius 1 is 1.33 bits per heavy atom. The molecule has 2 aromatic rings. The number of piperidine rings is 1. The van der Waals surface area contributed by atoms with E-state index in [9.17, 15) is 9.18 Å². The van der Waals surface area contributed by atoms with Crippen LogP contribution < -0.4 is 0 Å². The van der Waals surface area contributed by atoms with Crippen LogP contribution >= 0.6 is 11.8 Å². The Kier molecular flexibility index (Phi) is 5.18. The van der Waals surface area contributed by atoms with Crippen molar-refractivity contribution in [1.82, 2.24) is 19.7 Å². The van der Waals surface area contributed by atoms with E-state index in [4.69, 9.17) is 0 Å². The lowest BCUT2D eigenvalue weighted by atomic mass is 10.0. The van der Waals surface area contributed by atoms with Gasteiger partial charge in [0, 0.05) is 25.7 Å². The van der Waals surface area contributed by atoms with Crippen molar-refractivity contribution >= 4 is 17.7 Å². The first-order valence-corrected chi connectivity index (χ1v) is 9.09. The van der Waals surface area contributed by atoms with Crippen molar-refractivity contribution in [1.29, 1.82) is 0 Å². The average molecular weight is 348 g/mol. The summed E-state index contributed by atoms with van der Waals surface area (Å²) in [6.07, 6.45) is 2.28. The molecule has 7 heteroatoms. The first kappa shape index (κ1) is 17.0. The largest absolute Gasteiger partial charge is 0.342 e. The van der Waals surface area contributed by atoms with Crippen LogP contribution in [0.2, 0.25) is 0 Å². The Labute approximate surface area is 145 Å². The predicted molar refractivity (Wildman–Crippen MR) is 92.1 cm³/mol. The molecule has 1 fully saturated rings. The number of carbonyl (C=O) groups is 1. The number of benzene rings is 1. The van der Waals surface area contributed by atoms with E-state index in [0.717, 1.165) is 25.1 Å². The van der Waals surface area contributed by atoms with Gasteiger partial charge >= 0.3 is 0 Å². The Morgan fingerprint density at radius 2 is 2.08 bits per heavy atom. The maximum Gasteiger partial charge on any atom is 0.233 e. The third-order valence-corrected chi connectivity index (χ3v) is 5.28. The molecule has 128 valence electrons. The number of amides is 1. The highest BCUT2D eigenvalue weighted by Crippen LogP contribution is 2.24. The van der Waals surface area contributed by atoms with E-state index in [-0.39, 0.29) is 11.7 Å². The van der Waals surface area contributed by atoms with Gasteiger partial charge in [-0.05, 0) is 43.0 Å². The fourth-order valence-corrected chi connectivity index (χ4v) is 3.74. The molecule has 0 bridgehead atoms. The van der Waals surface area contributed by atoms with Crippen LogP contribution in [-0.4, -0.2) is 44.4 Å². The first-order valence-electron chi connectivity index (χ1n) is 8.10. The summed E-state index contributed by atoms with van der Waals surface area (Å²) in [5, 5.41) is 9.01. The van der Waals surface area contributed by atoms with Gasteiger partial charge in [-0.1, -0.05) is 18.7 Å². The number of carbonyl (C=O) groups excluding carboxylic acids is 1. The normalized spacial score (nSPS) is 18.0. The lowest BCUT2D eigenvalue weighted by molar-refractivity contribution is -0.130. The summed E-state index contributed by atoms with van der Waals surface area (Å²) in [4.78, 5) is 14.3. The summed E-state index contributed by atoms with van der Waals surface area (Å²) in [5.74, 6) is 1.47. The van der Waals surface area contributed by atoms with E-state index in [1.54, 1.807) is 12.1 Å². The maximum absolute atomic E-state index is 13.0. The molecule has 0 aliphatic carbocycles. The SMILES string of the molecule is CC1CCCN(C(=O)CSc2nnc(-c3ccc(F)cc3)n2C)C1. The van der Waals surface area contributed by atoms with Crippen LogP contribution in [0.5, 0.6) is 0 Å². The van der Waals surface area contributed by atoms with Crippen LogP contribution in [0.1, 0.15) is 19.8 Å². The number of thioether (sulfide) groups is 1. The van der Waals surface area contributed by atoms with Gasteiger partial charge in [0.2, 0.25) is 5.91 Å². The Balaban J connectivity index is 1.64. The molecular weight excluding hydrogens is 327 g/mol. The van der Waals surface area contributed by atoms with Crippen molar-refractivity contribution < 1.29 is 9.18 Å². The third kappa shape index (κ3) is 3.77. The van der Waals surface area contributed by atoms with E-state index >= 15 is 0 Å². The Morgan fingerprint density at radius 3 is 2.79 bits per heavy atom. The second-order valence-electron chi connectivity index (χ2n) is 6.25. The molecule has 24 heavy (non-hydrogen) atoms. The number of nitrogens with zero attached hydrogens (tertiary/aromatic N) is 4. The van der Waals surface area contributed by atoms with Gasteiger partial charge in [0.15, 0.2) is 11.0 Å². The van der Waals surface area contributed by atoms with Crippen molar-refractivity contribution in [2.45, 2.75) is 24.9 Å². The molecule has 1 saturated heterocycles. The molecule has 1 aromatic heterocycles. The minimum absolute atomic E-state index is 0.151. The smallest absolute Gasteiger partial charge is 0.233 e. The van der Waals surface area contributed by atoms with Gasteiger partial charge in [0.25, 0.3) is 0 Å². The molecule has 1 amide bonds. The minimum atomic E-state index is -0.281. The van der Waals surface area contributed by atoms with Crippen molar-refractivity contribution in [2.24, 2.45) is 13.0 Å². The zero-order valence-electron chi connectivity index (χ0n) is 13.9. The highest BCUT2D eigenvalue weighted by molar-refractivity contribution is 7.99. The molecule has 1 atom stereocenters. The van der Waals surface area contributed by atoms with Crippen LogP contribution in [0.25, 0.3) is 11.4 Å². The zero-order valence-corrected chi connectivity index (χ0v) is 14.7. The summed E-state index contributed by atoms with van der Waals surface area (Å²) in [6, 6.07) is 6.15. The number of halogens is 1. The third-order valence-electron chi connectivity index (χ3n) is 4.27. The van der Waals surface area contributed by atoms with E-state index in [1.165, 1.54) is 30.3 Å². The van der Waals surface area contributed by atoms with E-state index < -0.39 is 0 Å². The fourth-order valence-electron chi connectivity index (χ4n) is 2.92. The average Bonchev–Trinajstić information content (AvgIpc) is 2.94. The number of rotatable bonds is 4. The topological polar surface area (TPSA) is 51.0 Å². The highest BCUT2D eigenvalue weighted by atomic mass is 32.2. The Bertz CT molecular complexity index is 716. The fraction of sp³-hybridized carbons (Fsp3) is 0.471. The standard InChI is InChI=1S/C17H21FN4OS/c1-12-4-3-9-22(10-12)15(23)11-24-17-20-19-16(21(17)2)13-5-7-14(18)8-6-13/h5-8,12H,3-4,9-11H2,1-2H3. The van der Waals surface area contributed by atoms with Crippen LogP contribution in [0.4, 0.5) is 4.39 Å². The number of hydrogen-bond acceptors (Lipinski definition) is 4.